The highest BCUT2D eigenvalue weighted by Gasteiger charge is 2.10. The lowest BCUT2D eigenvalue weighted by Gasteiger charge is -2.02. The Kier molecular flexibility index (Phi) is 4.21. The highest BCUT2D eigenvalue weighted by molar-refractivity contribution is 14.1. The molecule has 0 aliphatic rings. The summed E-state index contributed by atoms with van der Waals surface area (Å²) < 4.78 is 1.14. The normalized spacial score (nSPS) is 11.8. The van der Waals surface area contributed by atoms with Crippen LogP contribution in [0, 0.1) is 14.9 Å². The first-order valence-electron chi connectivity index (χ1n) is 4.82. The van der Waals surface area contributed by atoms with E-state index < -0.39 is 0 Å². The van der Waals surface area contributed by atoms with E-state index >= 15 is 0 Å². The fraction of sp³-hybridized carbons (Fsp3) is 0. The Morgan fingerprint density at radius 3 is 2.47 bits per heavy atom. The zero-order valence-corrected chi connectivity index (χ0v) is 12.4. The second kappa shape index (κ2) is 5.67. The molecule has 0 aliphatic carbocycles. The largest absolute Gasteiger partial charge is 0.192 e. The maximum atomic E-state index is 9.20. The summed E-state index contributed by atoms with van der Waals surface area (Å²) in [4.78, 5) is 0.899. The molecule has 0 unspecified atom stereocenters. The summed E-state index contributed by atoms with van der Waals surface area (Å²) in [6.45, 7) is 0. The van der Waals surface area contributed by atoms with Gasteiger partial charge in [0, 0.05) is 8.45 Å². The van der Waals surface area contributed by atoms with E-state index in [0.717, 1.165) is 14.0 Å². The summed E-state index contributed by atoms with van der Waals surface area (Å²) in [7, 11) is 0. The maximum absolute atomic E-state index is 9.20. The second-order valence-corrected chi connectivity index (χ2v) is 5.86. The summed E-state index contributed by atoms with van der Waals surface area (Å²) in [5.41, 5.74) is 1.40. The molecule has 0 saturated heterocycles. The van der Waals surface area contributed by atoms with Crippen LogP contribution in [0.3, 0.4) is 0 Å². The summed E-state index contributed by atoms with van der Waals surface area (Å²) in [5.74, 6) is 0. The van der Waals surface area contributed by atoms with Crippen LogP contribution in [0.1, 0.15) is 10.4 Å². The number of nitriles is 1. The highest BCUT2D eigenvalue weighted by atomic mass is 127. The van der Waals surface area contributed by atoms with E-state index in [0.29, 0.717) is 10.6 Å². The van der Waals surface area contributed by atoms with Crippen LogP contribution in [0.5, 0.6) is 0 Å². The van der Waals surface area contributed by atoms with Crippen molar-refractivity contribution in [3.63, 3.8) is 0 Å². The topological polar surface area (TPSA) is 23.8 Å². The van der Waals surface area contributed by atoms with Crippen LogP contribution in [-0.2, 0) is 0 Å². The summed E-state index contributed by atoms with van der Waals surface area (Å²) in [6, 6.07) is 13.8. The number of thiophene rings is 1. The second-order valence-electron chi connectivity index (χ2n) is 3.28. The van der Waals surface area contributed by atoms with Gasteiger partial charge in [0.25, 0.3) is 0 Å². The Bertz CT molecular complexity index is 579. The van der Waals surface area contributed by atoms with Gasteiger partial charge in [-0.3, -0.25) is 0 Å². The molecule has 84 valence electrons. The molecule has 0 bridgehead atoms. The molecule has 0 radical (unpaired) electrons. The van der Waals surface area contributed by atoms with E-state index in [1.807, 2.05) is 41.8 Å². The third kappa shape index (κ3) is 2.89. The molecular formula is C13H7ClINS. The van der Waals surface area contributed by atoms with Gasteiger partial charge in [-0.05, 0) is 51.7 Å². The van der Waals surface area contributed by atoms with Gasteiger partial charge in [-0.15, -0.1) is 11.3 Å². The van der Waals surface area contributed by atoms with E-state index in [-0.39, 0.29) is 0 Å². The van der Waals surface area contributed by atoms with Crippen molar-refractivity contribution in [2.24, 2.45) is 0 Å². The molecule has 1 heterocycles. The van der Waals surface area contributed by atoms with E-state index in [2.05, 4.69) is 28.7 Å². The van der Waals surface area contributed by atoms with Gasteiger partial charge in [0.2, 0.25) is 0 Å². The number of hydrogen-bond donors (Lipinski definition) is 0. The quantitative estimate of drug-likeness (QED) is 0.539. The third-order valence-electron chi connectivity index (χ3n) is 2.20. The van der Waals surface area contributed by atoms with Gasteiger partial charge in [-0.1, -0.05) is 29.8 Å². The number of rotatable bonds is 2. The monoisotopic (exact) mass is 371 g/mol. The number of halogens is 2. The Hall–Kier alpha value is -0.830. The molecule has 0 N–H and O–H groups in total. The van der Waals surface area contributed by atoms with Gasteiger partial charge in [0.15, 0.2) is 0 Å². The predicted molar refractivity (Wildman–Crippen MR) is 81.8 cm³/mol. The first-order chi connectivity index (χ1) is 8.22. The Labute approximate surface area is 122 Å². The Balaban J connectivity index is 2.50. The van der Waals surface area contributed by atoms with Crippen LogP contribution in [-0.4, -0.2) is 0 Å². The molecule has 0 amide bonds. The lowest BCUT2D eigenvalue weighted by Crippen LogP contribution is -1.83. The van der Waals surface area contributed by atoms with Crippen LogP contribution in [0.15, 0.2) is 41.8 Å². The zero-order chi connectivity index (χ0) is 12.3. The SMILES string of the molecule is N#CC(=C(Cl)c1ccc(I)cc1)c1cccs1. The Morgan fingerprint density at radius 1 is 1.24 bits per heavy atom. The smallest absolute Gasteiger partial charge is 0.102 e. The van der Waals surface area contributed by atoms with Gasteiger partial charge in [0.05, 0.1) is 10.6 Å². The number of nitrogens with zero attached hydrogens (tertiary/aromatic N) is 1. The zero-order valence-electron chi connectivity index (χ0n) is 8.65. The molecule has 1 aromatic carbocycles. The van der Waals surface area contributed by atoms with Crippen molar-refractivity contribution in [2.75, 3.05) is 0 Å². The molecule has 0 aliphatic heterocycles. The minimum Gasteiger partial charge on any atom is -0.192 e. The molecule has 17 heavy (non-hydrogen) atoms. The van der Waals surface area contributed by atoms with Crippen LogP contribution >= 0.6 is 45.5 Å². The lowest BCUT2D eigenvalue weighted by molar-refractivity contribution is 1.53. The van der Waals surface area contributed by atoms with Gasteiger partial charge >= 0.3 is 0 Å². The average molecular weight is 372 g/mol. The summed E-state index contributed by atoms with van der Waals surface area (Å²) in [5, 5.41) is 11.6. The third-order valence-corrected chi connectivity index (χ3v) is 4.21. The fourth-order valence-corrected chi connectivity index (χ4v) is 2.79. The highest BCUT2D eigenvalue weighted by Crippen LogP contribution is 2.31. The van der Waals surface area contributed by atoms with E-state index in [4.69, 9.17) is 11.6 Å². The van der Waals surface area contributed by atoms with Gasteiger partial charge in [-0.25, -0.2) is 0 Å². The van der Waals surface area contributed by atoms with Crippen molar-refractivity contribution < 1.29 is 0 Å². The maximum Gasteiger partial charge on any atom is 0.102 e. The standard InChI is InChI=1S/C13H7ClINS/c14-13(9-3-5-10(15)6-4-9)11(8-16)12-2-1-7-17-12/h1-7H. The van der Waals surface area contributed by atoms with E-state index in [1.165, 1.54) is 11.3 Å². The van der Waals surface area contributed by atoms with Crippen molar-refractivity contribution in [1.82, 2.24) is 0 Å². The minimum absolute atomic E-state index is 0.506. The van der Waals surface area contributed by atoms with Crippen molar-refractivity contribution in [3.05, 3.63) is 55.8 Å². The minimum atomic E-state index is 0.506. The van der Waals surface area contributed by atoms with Gasteiger partial charge < -0.3 is 0 Å². The first kappa shape index (κ1) is 12.6. The lowest BCUT2D eigenvalue weighted by atomic mass is 10.1. The number of benzene rings is 1. The fourth-order valence-electron chi connectivity index (χ4n) is 1.37. The molecule has 0 fully saturated rings. The van der Waals surface area contributed by atoms with Gasteiger partial charge in [0.1, 0.15) is 6.07 Å². The average Bonchev–Trinajstić information content (AvgIpc) is 2.84. The van der Waals surface area contributed by atoms with Crippen LogP contribution in [0.2, 0.25) is 0 Å². The predicted octanol–water partition coefficient (Wildman–Crippen LogP) is 4.98. The molecule has 0 atom stereocenters. The molecule has 4 heteroatoms. The van der Waals surface area contributed by atoms with Crippen molar-refractivity contribution >= 4 is 56.1 Å². The van der Waals surface area contributed by atoms with Crippen molar-refractivity contribution in [3.8, 4) is 6.07 Å². The van der Waals surface area contributed by atoms with Crippen LogP contribution in [0.25, 0.3) is 10.6 Å². The van der Waals surface area contributed by atoms with E-state index in [9.17, 15) is 5.26 Å². The molecule has 2 aromatic rings. The molecular weight excluding hydrogens is 365 g/mol. The molecule has 2 rings (SSSR count). The molecule has 1 nitrogen and oxygen atoms in total. The molecule has 0 spiro atoms. The van der Waals surface area contributed by atoms with E-state index in [1.54, 1.807) is 0 Å². The number of hydrogen-bond acceptors (Lipinski definition) is 2. The van der Waals surface area contributed by atoms with Crippen LogP contribution < -0.4 is 0 Å². The van der Waals surface area contributed by atoms with Crippen molar-refractivity contribution in [1.29, 1.82) is 5.26 Å². The van der Waals surface area contributed by atoms with Crippen LogP contribution in [0.4, 0.5) is 0 Å². The molecule has 1 aromatic heterocycles. The number of allylic oxidation sites excluding steroid dienone is 1. The van der Waals surface area contributed by atoms with Gasteiger partial charge in [-0.2, -0.15) is 5.26 Å². The first-order valence-corrected chi connectivity index (χ1v) is 7.15. The summed E-state index contributed by atoms with van der Waals surface area (Å²) in [6.07, 6.45) is 0. The Morgan fingerprint density at radius 2 is 1.94 bits per heavy atom. The molecule has 0 saturated carbocycles. The summed E-state index contributed by atoms with van der Waals surface area (Å²) >= 11 is 10.0. The van der Waals surface area contributed by atoms with Crippen molar-refractivity contribution in [2.45, 2.75) is 0 Å².